The molecule has 8 heteroatoms. The van der Waals surface area contributed by atoms with Gasteiger partial charge in [0, 0.05) is 10.0 Å². The maximum atomic E-state index is 12.3. The molecule has 0 saturated heterocycles. The Kier molecular flexibility index (Phi) is 4.41. The number of carbonyl (C=O) groups is 1. The molecule has 2 aromatic carbocycles. The maximum absolute atomic E-state index is 12.3. The van der Waals surface area contributed by atoms with E-state index in [0.717, 1.165) is 0 Å². The Hall–Kier alpha value is -1.76. The fraction of sp³-hybridized carbons (Fsp3) is 0. The average Bonchev–Trinajstić information content (AvgIpc) is 2.37. The van der Waals surface area contributed by atoms with Gasteiger partial charge in [0.1, 0.15) is 0 Å². The van der Waals surface area contributed by atoms with Gasteiger partial charge in [-0.1, -0.05) is 35.3 Å². The van der Waals surface area contributed by atoms with Crippen molar-refractivity contribution < 1.29 is 18.3 Å². The first-order valence-corrected chi connectivity index (χ1v) is 7.85. The summed E-state index contributed by atoms with van der Waals surface area (Å²) in [6, 6.07) is 9.51. The van der Waals surface area contributed by atoms with E-state index in [4.69, 9.17) is 28.3 Å². The van der Waals surface area contributed by atoms with E-state index in [1.807, 2.05) is 0 Å². The number of halogens is 2. The molecule has 0 amide bonds. The SMILES string of the molecule is O=C(O)c1ccccc1NS(=O)(=O)c1cc(Cl)cc(Cl)c1. The Labute approximate surface area is 131 Å². The maximum Gasteiger partial charge on any atom is 0.337 e. The Bertz CT molecular complexity index is 785. The minimum absolute atomic E-state index is 0.0407. The quantitative estimate of drug-likeness (QED) is 0.888. The molecular formula is C13H9Cl2NO4S. The van der Waals surface area contributed by atoms with Crippen LogP contribution in [-0.2, 0) is 10.0 Å². The number of benzene rings is 2. The van der Waals surface area contributed by atoms with Crippen LogP contribution in [-0.4, -0.2) is 19.5 Å². The minimum atomic E-state index is -4.00. The molecule has 0 fully saturated rings. The molecule has 0 aliphatic rings. The highest BCUT2D eigenvalue weighted by atomic mass is 35.5. The van der Waals surface area contributed by atoms with Crippen LogP contribution in [0.4, 0.5) is 5.69 Å². The van der Waals surface area contributed by atoms with Gasteiger partial charge in [-0.25, -0.2) is 13.2 Å². The van der Waals surface area contributed by atoms with Crippen LogP contribution >= 0.6 is 23.2 Å². The summed E-state index contributed by atoms with van der Waals surface area (Å²) in [6.07, 6.45) is 0. The summed E-state index contributed by atoms with van der Waals surface area (Å²) in [7, 11) is -4.00. The molecule has 2 aromatic rings. The van der Waals surface area contributed by atoms with E-state index in [2.05, 4.69) is 4.72 Å². The predicted molar refractivity (Wildman–Crippen MR) is 80.7 cm³/mol. The van der Waals surface area contributed by atoms with Crippen LogP contribution in [0.1, 0.15) is 10.4 Å². The van der Waals surface area contributed by atoms with Crippen LogP contribution in [0.15, 0.2) is 47.4 Å². The fourth-order valence-corrected chi connectivity index (χ4v) is 3.45. The number of para-hydroxylation sites is 1. The van der Waals surface area contributed by atoms with Crippen molar-refractivity contribution in [2.75, 3.05) is 4.72 Å². The third-order valence-corrected chi connectivity index (χ3v) is 4.33. The highest BCUT2D eigenvalue weighted by molar-refractivity contribution is 7.92. The van der Waals surface area contributed by atoms with E-state index in [1.54, 1.807) is 0 Å². The molecule has 2 N–H and O–H groups in total. The molecular weight excluding hydrogens is 337 g/mol. The number of hydrogen-bond acceptors (Lipinski definition) is 3. The molecule has 0 saturated carbocycles. The van der Waals surface area contributed by atoms with Crippen molar-refractivity contribution in [2.24, 2.45) is 0 Å². The molecule has 0 unspecified atom stereocenters. The fourth-order valence-electron chi connectivity index (χ4n) is 1.65. The standard InChI is InChI=1S/C13H9Cl2NO4S/c14-8-5-9(15)7-10(6-8)21(19,20)16-12-4-2-1-3-11(12)13(17)18/h1-7,16H,(H,17,18). The number of anilines is 1. The predicted octanol–water partition coefficient (Wildman–Crippen LogP) is 3.49. The van der Waals surface area contributed by atoms with Crippen molar-refractivity contribution in [1.82, 2.24) is 0 Å². The third-order valence-electron chi connectivity index (χ3n) is 2.55. The minimum Gasteiger partial charge on any atom is -0.478 e. The van der Waals surface area contributed by atoms with Crippen LogP contribution < -0.4 is 4.72 Å². The van der Waals surface area contributed by atoms with E-state index in [0.29, 0.717) is 0 Å². The number of aromatic carboxylic acids is 1. The van der Waals surface area contributed by atoms with E-state index in [9.17, 15) is 13.2 Å². The lowest BCUT2D eigenvalue weighted by Crippen LogP contribution is -2.15. The van der Waals surface area contributed by atoms with Crippen molar-refractivity contribution in [1.29, 1.82) is 0 Å². The molecule has 5 nitrogen and oxygen atoms in total. The zero-order valence-corrected chi connectivity index (χ0v) is 12.7. The van der Waals surface area contributed by atoms with Gasteiger partial charge in [-0.15, -0.1) is 0 Å². The van der Waals surface area contributed by atoms with Gasteiger partial charge in [0.2, 0.25) is 0 Å². The van der Waals surface area contributed by atoms with Gasteiger partial charge < -0.3 is 5.11 Å². The Morgan fingerprint density at radius 1 is 1.05 bits per heavy atom. The first kappa shape index (κ1) is 15.6. The van der Waals surface area contributed by atoms with Gasteiger partial charge >= 0.3 is 5.97 Å². The van der Waals surface area contributed by atoms with Gasteiger partial charge in [0.15, 0.2) is 0 Å². The monoisotopic (exact) mass is 345 g/mol. The van der Waals surface area contributed by atoms with Gasteiger partial charge in [-0.3, -0.25) is 4.72 Å². The van der Waals surface area contributed by atoms with Gasteiger partial charge in [-0.05, 0) is 30.3 Å². The summed E-state index contributed by atoms with van der Waals surface area (Å²) < 4.78 is 26.7. The molecule has 0 heterocycles. The normalized spacial score (nSPS) is 11.1. The summed E-state index contributed by atoms with van der Waals surface area (Å²) in [6.45, 7) is 0. The van der Waals surface area contributed by atoms with Crippen LogP contribution in [0, 0.1) is 0 Å². The number of hydrogen-bond donors (Lipinski definition) is 2. The number of carboxylic acids is 1. The zero-order chi connectivity index (χ0) is 15.6. The average molecular weight is 346 g/mol. The number of sulfonamides is 1. The molecule has 0 atom stereocenters. The smallest absolute Gasteiger partial charge is 0.337 e. The van der Waals surface area contributed by atoms with Gasteiger partial charge in [-0.2, -0.15) is 0 Å². The Balaban J connectivity index is 2.45. The molecule has 2 rings (SSSR count). The van der Waals surface area contributed by atoms with E-state index >= 15 is 0 Å². The second kappa shape index (κ2) is 5.93. The molecule has 0 aliphatic carbocycles. The molecule has 0 aromatic heterocycles. The van der Waals surface area contributed by atoms with E-state index in [-0.39, 0.29) is 26.2 Å². The van der Waals surface area contributed by atoms with Crippen molar-refractivity contribution in [3.8, 4) is 0 Å². The van der Waals surface area contributed by atoms with Crippen molar-refractivity contribution in [3.63, 3.8) is 0 Å². The highest BCUT2D eigenvalue weighted by Gasteiger charge is 2.19. The Morgan fingerprint density at radius 2 is 1.62 bits per heavy atom. The Morgan fingerprint density at radius 3 is 2.19 bits per heavy atom. The van der Waals surface area contributed by atoms with Crippen LogP contribution in [0.5, 0.6) is 0 Å². The van der Waals surface area contributed by atoms with E-state index < -0.39 is 16.0 Å². The summed E-state index contributed by atoms with van der Waals surface area (Å²) in [5.74, 6) is -1.24. The number of nitrogens with one attached hydrogen (secondary N) is 1. The summed E-state index contributed by atoms with van der Waals surface area (Å²) in [5.41, 5.74) is -0.199. The molecule has 0 radical (unpaired) electrons. The third kappa shape index (κ3) is 3.66. The zero-order valence-electron chi connectivity index (χ0n) is 10.4. The highest BCUT2D eigenvalue weighted by Crippen LogP contribution is 2.25. The van der Waals surface area contributed by atoms with Crippen molar-refractivity contribution in [2.45, 2.75) is 4.90 Å². The second-order valence-electron chi connectivity index (χ2n) is 4.06. The molecule has 0 bridgehead atoms. The summed E-state index contributed by atoms with van der Waals surface area (Å²) >= 11 is 11.5. The first-order valence-electron chi connectivity index (χ1n) is 5.61. The topological polar surface area (TPSA) is 83.5 Å². The lowest BCUT2D eigenvalue weighted by molar-refractivity contribution is 0.0698. The van der Waals surface area contributed by atoms with Crippen LogP contribution in [0.25, 0.3) is 0 Å². The second-order valence-corrected chi connectivity index (χ2v) is 6.62. The first-order chi connectivity index (χ1) is 9.79. The van der Waals surface area contributed by atoms with E-state index in [1.165, 1.54) is 42.5 Å². The van der Waals surface area contributed by atoms with Gasteiger partial charge in [0.05, 0.1) is 16.1 Å². The largest absolute Gasteiger partial charge is 0.478 e. The van der Waals surface area contributed by atoms with Crippen molar-refractivity contribution in [3.05, 3.63) is 58.1 Å². The molecule has 0 aliphatic heterocycles. The molecule has 0 spiro atoms. The molecule has 21 heavy (non-hydrogen) atoms. The van der Waals surface area contributed by atoms with Crippen LogP contribution in [0.3, 0.4) is 0 Å². The van der Waals surface area contributed by atoms with Crippen LogP contribution in [0.2, 0.25) is 10.0 Å². The lowest BCUT2D eigenvalue weighted by atomic mass is 10.2. The van der Waals surface area contributed by atoms with Gasteiger partial charge in [0.25, 0.3) is 10.0 Å². The summed E-state index contributed by atoms with van der Waals surface area (Å²) in [5, 5.41) is 9.37. The van der Waals surface area contributed by atoms with Crippen molar-refractivity contribution >= 4 is 44.9 Å². The lowest BCUT2D eigenvalue weighted by Gasteiger charge is -2.11. The summed E-state index contributed by atoms with van der Waals surface area (Å²) in [4.78, 5) is 10.9. The number of carboxylic acid groups (broad SMARTS) is 1. The molecule has 110 valence electrons. The number of rotatable bonds is 4.